The summed E-state index contributed by atoms with van der Waals surface area (Å²) in [5, 5.41) is 9.85. The average Bonchev–Trinajstić information content (AvgIpc) is 2.28. The molecule has 0 aliphatic carbocycles. The number of hydrogen-bond acceptors (Lipinski definition) is 2. The average molecular weight is 240 g/mol. The van der Waals surface area contributed by atoms with Crippen molar-refractivity contribution in [2.24, 2.45) is 0 Å². The SMILES string of the molecule is CCOCCCC(O)Cc1ccc(F)cc1C. The minimum Gasteiger partial charge on any atom is -0.393 e. The topological polar surface area (TPSA) is 29.5 Å². The lowest BCUT2D eigenvalue weighted by Crippen LogP contribution is -2.12. The summed E-state index contributed by atoms with van der Waals surface area (Å²) in [5.41, 5.74) is 1.91. The van der Waals surface area contributed by atoms with Crippen LogP contribution in [0.3, 0.4) is 0 Å². The van der Waals surface area contributed by atoms with Crippen molar-refractivity contribution < 1.29 is 14.2 Å². The van der Waals surface area contributed by atoms with Crippen LogP contribution in [-0.4, -0.2) is 24.4 Å². The molecule has 0 aliphatic heterocycles. The number of ether oxygens (including phenoxy) is 1. The molecular weight excluding hydrogens is 219 g/mol. The predicted molar refractivity (Wildman–Crippen MR) is 66.6 cm³/mol. The molecule has 0 heterocycles. The monoisotopic (exact) mass is 240 g/mol. The molecular formula is C14H21FO2. The molecule has 0 saturated heterocycles. The second kappa shape index (κ2) is 7.41. The maximum atomic E-state index is 12.9. The van der Waals surface area contributed by atoms with E-state index in [0.29, 0.717) is 19.6 Å². The molecule has 17 heavy (non-hydrogen) atoms. The molecule has 1 rings (SSSR count). The highest BCUT2D eigenvalue weighted by molar-refractivity contribution is 5.27. The molecule has 1 atom stereocenters. The van der Waals surface area contributed by atoms with E-state index in [1.54, 1.807) is 6.07 Å². The van der Waals surface area contributed by atoms with Crippen LogP contribution in [0.15, 0.2) is 18.2 Å². The van der Waals surface area contributed by atoms with Crippen molar-refractivity contribution in [3.05, 3.63) is 35.1 Å². The Labute approximate surface area is 102 Å². The minimum absolute atomic E-state index is 0.225. The van der Waals surface area contributed by atoms with Crippen LogP contribution in [-0.2, 0) is 11.2 Å². The molecule has 1 N–H and O–H groups in total. The lowest BCUT2D eigenvalue weighted by molar-refractivity contribution is 0.114. The molecule has 2 nitrogen and oxygen atoms in total. The zero-order valence-corrected chi connectivity index (χ0v) is 10.6. The molecule has 0 bridgehead atoms. The van der Waals surface area contributed by atoms with Gasteiger partial charge in [0.2, 0.25) is 0 Å². The number of hydrogen-bond donors (Lipinski definition) is 1. The van der Waals surface area contributed by atoms with Gasteiger partial charge in [0.1, 0.15) is 5.82 Å². The summed E-state index contributed by atoms with van der Waals surface area (Å²) < 4.78 is 18.1. The molecule has 1 aromatic rings. The molecule has 0 aliphatic rings. The summed E-state index contributed by atoms with van der Waals surface area (Å²) >= 11 is 0. The fourth-order valence-electron chi connectivity index (χ4n) is 1.81. The second-order valence-electron chi connectivity index (χ2n) is 4.27. The van der Waals surface area contributed by atoms with Gasteiger partial charge in [-0.3, -0.25) is 0 Å². The standard InChI is InChI=1S/C14H21FO2/c1-3-17-8-4-5-14(16)10-12-6-7-13(15)9-11(12)2/h6-7,9,14,16H,3-5,8,10H2,1-2H3. The highest BCUT2D eigenvalue weighted by Crippen LogP contribution is 2.14. The fourth-order valence-corrected chi connectivity index (χ4v) is 1.81. The number of halogens is 1. The highest BCUT2D eigenvalue weighted by Gasteiger charge is 2.08. The highest BCUT2D eigenvalue weighted by atomic mass is 19.1. The quantitative estimate of drug-likeness (QED) is 0.743. The third-order valence-electron chi connectivity index (χ3n) is 2.79. The van der Waals surface area contributed by atoms with Crippen LogP contribution < -0.4 is 0 Å². The first-order valence-corrected chi connectivity index (χ1v) is 6.14. The van der Waals surface area contributed by atoms with Crippen LogP contribution in [0.1, 0.15) is 30.9 Å². The molecule has 3 heteroatoms. The van der Waals surface area contributed by atoms with Gasteiger partial charge in [-0.15, -0.1) is 0 Å². The second-order valence-corrected chi connectivity index (χ2v) is 4.27. The summed E-state index contributed by atoms with van der Waals surface area (Å²) in [7, 11) is 0. The van der Waals surface area contributed by atoms with Gasteiger partial charge in [0, 0.05) is 13.2 Å². The van der Waals surface area contributed by atoms with E-state index in [2.05, 4.69) is 0 Å². The first-order valence-electron chi connectivity index (χ1n) is 6.14. The van der Waals surface area contributed by atoms with Gasteiger partial charge in [0.05, 0.1) is 6.10 Å². The summed E-state index contributed by atoms with van der Waals surface area (Å²) in [6.07, 6.45) is 1.78. The van der Waals surface area contributed by atoms with Crippen LogP contribution in [0.5, 0.6) is 0 Å². The van der Waals surface area contributed by atoms with Gasteiger partial charge in [-0.25, -0.2) is 4.39 Å². The summed E-state index contributed by atoms with van der Waals surface area (Å²) in [4.78, 5) is 0. The fraction of sp³-hybridized carbons (Fsp3) is 0.571. The molecule has 0 fully saturated rings. The summed E-state index contributed by atoms with van der Waals surface area (Å²) in [5.74, 6) is -0.225. The molecule has 96 valence electrons. The smallest absolute Gasteiger partial charge is 0.123 e. The Kier molecular flexibility index (Phi) is 6.16. The van der Waals surface area contributed by atoms with Crippen molar-refractivity contribution in [2.75, 3.05) is 13.2 Å². The van der Waals surface area contributed by atoms with Gasteiger partial charge in [-0.05, 0) is 56.4 Å². The molecule has 0 amide bonds. The van der Waals surface area contributed by atoms with E-state index in [1.807, 2.05) is 13.8 Å². The summed E-state index contributed by atoms with van der Waals surface area (Å²) in [6, 6.07) is 4.69. The lowest BCUT2D eigenvalue weighted by Gasteiger charge is -2.12. The largest absolute Gasteiger partial charge is 0.393 e. The molecule has 0 saturated carbocycles. The van der Waals surface area contributed by atoms with Gasteiger partial charge < -0.3 is 9.84 Å². The zero-order chi connectivity index (χ0) is 12.7. The molecule has 0 radical (unpaired) electrons. The Bertz CT molecular complexity index is 339. The van der Waals surface area contributed by atoms with E-state index >= 15 is 0 Å². The van der Waals surface area contributed by atoms with Crippen LogP contribution in [0.2, 0.25) is 0 Å². The van der Waals surface area contributed by atoms with E-state index < -0.39 is 0 Å². The van der Waals surface area contributed by atoms with Crippen LogP contribution in [0.4, 0.5) is 4.39 Å². The zero-order valence-electron chi connectivity index (χ0n) is 10.6. The van der Waals surface area contributed by atoms with E-state index in [9.17, 15) is 9.50 Å². The molecule has 1 aromatic carbocycles. The minimum atomic E-state index is -0.375. The van der Waals surface area contributed by atoms with E-state index in [-0.39, 0.29) is 11.9 Å². The van der Waals surface area contributed by atoms with Gasteiger partial charge in [-0.2, -0.15) is 0 Å². The van der Waals surface area contributed by atoms with Crippen molar-refractivity contribution in [1.82, 2.24) is 0 Å². The van der Waals surface area contributed by atoms with E-state index in [4.69, 9.17) is 4.74 Å². The molecule has 0 spiro atoms. The van der Waals surface area contributed by atoms with E-state index in [0.717, 1.165) is 24.0 Å². The normalized spacial score (nSPS) is 12.7. The number of aliphatic hydroxyl groups is 1. The number of benzene rings is 1. The summed E-state index contributed by atoms with van der Waals surface area (Å²) in [6.45, 7) is 5.23. The van der Waals surface area contributed by atoms with Gasteiger partial charge in [0.25, 0.3) is 0 Å². The maximum Gasteiger partial charge on any atom is 0.123 e. The van der Waals surface area contributed by atoms with E-state index in [1.165, 1.54) is 12.1 Å². The third-order valence-corrected chi connectivity index (χ3v) is 2.79. The van der Waals surface area contributed by atoms with Crippen molar-refractivity contribution in [1.29, 1.82) is 0 Å². The molecule has 1 unspecified atom stereocenters. The van der Waals surface area contributed by atoms with Crippen LogP contribution in [0.25, 0.3) is 0 Å². The first-order chi connectivity index (χ1) is 8.13. The van der Waals surface area contributed by atoms with Crippen LogP contribution in [0, 0.1) is 12.7 Å². The third kappa shape index (κ3) is 5.29. The Morgan fingerprint density at radius 2 is 2.18 bits per heavy atom. The Morgan fingerprint density at radius 3 is 2.82 bits per heavy atom. The number of aryl methyl sites for hydroxylation is 1. The van der Waals surface area contributed by atoms with Crippen molar-refractivity contribution in [3.63, 3.8) is 0 Å². The maximum absolute atomic E-state index is 12.9. The van der Waals surface area contributed by atoms with Gasteiger partial charge in [0.15, 0.2) is 0 Å². The van der Waals surface area contributed by atoms with Crippen molar-refractivity contribution in [3.8, 4) is 0 Å². The van der Waals surface area contributed by atoms with Gasteiger partial charge >= 0.3 is 0 Å². The number of aliphatic hydroxyl groups excluding tert-OH is 1. The predicted octanol–water partition coefficient (Wildman–Crippen LogP) is 2.85. The van der Waals surface area contributed by atoms with Crippen molar-refractivity contribution in [2.45, 2.75) is 39.2 Å². The number of rotatable bonds is 7. The first kappa shape index (κ1) is 14.1. The lowest BCUT2D eigenvalue weighted by atomic mass is 10.0. The van der Waals surface area contributed by atoms with Gasteiger partial charge in [-0.1, -0.05) is 6.07 Å². The van der Waals surface area contributed by atoms with Crippen molar-refractivity contribution >= 4 is 0 Å². The Morgan fingerprint density at radius 1 is 1.41 bits per heavy atom. The Hall–Kier alpha value is -0.930. The Balaban J connectivity index is 2.37. The van der Waals surface area contributed by atoms with Crippen LogP contribution >= 0.6 is 0 Å². The molecule has 0 aromatic heterocycles.